The highest BCUT2D eigenvalue weighted by atomic mass is 32.2. The van der Waals surface area contributed by atoms with Crippen LogP contribution in [-0.4, -0.2) is 59.3 Å². The molecule has 0 unspecified atom stereocenters. The van der Waals surface area contributed by atoms with Crippen molar-refractivity contribution in [2.75, 3.05) is 43.5 Å². The molecule has 140 valence electrons. The van der Waals surface area contributed by atoms with Gasteiger partial charge in [0, 0.05) is 26.2 Å². The Labute approximate surface area is 153 Å². The molecule has 0 radical (unpaired) electrons. The molecule has 1 amide bonds. The first-order valence-electron chi connectivity index (χ1n) is 9.43. The summed E-state index contributed by atoms with van der Waals surface area (Å²) in [5.74, 6) is 2.04. The molecule has 0 atom stereocenters. The van der Waals surface area contributed by atoms with Crippen LogP contribution in [0.15, 0.2) is 5.16 Å². The van der Waals surface area contributed by atoms with E-state index in [1.165, 1.54) is 43.9 Å². The molecule has 7 nitrogen and oxygen atoms in total. The lowest BCUT2D eigenvalue weighted by atomic mass is 9.89. The Morgan fingerprint density at radius 3 is 2.72 bits per heavy atom. The minimum Gasteiger partial charge on any atom is -0.378 e. The lowest BCUT2D eigenvalue weighted by molar-refractivity contribution is -0.118. The fourth-order valence-corrected chi connectivity index (χ4v) is 4.32. The number of ether oxygens (including phenoxy) is 1. The third-order valence-corrected chi connectivity index (χ3v) is 5.92. The highest BCUT2D eigenvalue weighted by Gasteiger charge is 2.20. The summed E-state index contributed by atoms with van der Waals surface area (Å²) in [5, 5.41) is 12.5. The largest absolute Gasteiger partial charge is 0.378 e. The molecule has 8 heteroatoms. The predicted octanol–water partition coefficient (Wildman–Crippen LogP) is 1.92. The lowest BCUT2D eigenvalue weighted by Gasteiger charge is -2.27. The SMILES string of the molecule is CCn1c(SCC(=O)NCC2CCCCC2)nnc1N1CCOCC1. The zero-order valence-corrected chi connectivity index (χ0v) is 15.9. The van der Waals surface area contributed by atoms with Crippen molar-refractivity contribution in [1.29, 1.82) is 0 Å². The van der Waals surface area contributed by atoms with Crippen molar-refractivity contribution in [2.24, 2.45) is 5.92 Å². The van der Waals surface area contributed by atoms with E-state index in [1.807, 2.05) is 0 Å². The van der Waals surface area contributed by atoms with Crippen molar-refractivity contribution >= 4 is 23.6 Å². The van der Waals surface area contributed by atoms with E-state index in [4.69, 9.17) is 4.74 Å². The molecule has 2 aliphatic rings. The molecule has 0 aromatic carbocycles. The van der Waals surface area contributed by atoms with Crippen LogP contribution in [0.5, 0.6) is 0 Å². The number of carbonyl (C=O) groups is 1. The maximum atomic E-state index is 12.2. The summed E-state index contributed by atoms with van der Waals surface area (Å²) in [4.78, 5) is 14.4. The average molecular weight is 368 g/mol. The normalized spacial score (nSPS) is 19.2. The number of hydrogen-bond acceptors (Lipinski definition) is 6. The molecule has 1 aromatic rings. The number of morpholine rings is 1. The molecule has 1 saturated heterocycles. The standard InChI is InChI=1S/C17H29N5O2S/c1-2-22-16(21-8-10-24-11-9-21)19-20-17(22)25-13-15(23)18-12-14-6-4-3-5-7-14/h14H,2-13H2,1H3,(H,18,23). The average Bonchev–Trinajstić information content (AvgIpc) is 3.09. The number of thioether (sulfide) groups is 1. The second kappa shape index (κ2) is 9.43. The number of anilines is 1. The number of aromatic nitrogens is 3. The molecule has 1 aromatic heterocycles. The monoisotopic (exact) mass is 367 g/mol. The Hall–Kier alpha value is -1.28. The Kier molecular flexibility index (Phi) is 6.98. The van der Waals surface area contributed by atoms with E-state index in [9.17, 15) is 4.79 Å². The second-order valence-electron chi connectivity index (χ2n) is 6.72. The van der Waals surface area contributed by atoms with Crippen LogP contribution in [0.2, 0.25) is 0 Å². The summed E-state index contributed by atoms with van der Waals surface area (Å²) in [6.45, 7) is 6.83. The first-order valence-corrected chi connectivity index (χ1v) is 10.4. The number of nitrogens with zero attached hydrogens (tertiary/aromatic N) is 4. The van der Waals surface area contributed by atoms with Crippen molar-refractivity contribution in [1.82, 2.24) is 20.1 Å². The third-order valence-electron chi connectivity index (χ3n) is 4.95. The molecule has 3 rings (SSSR count). The quantitative estimate of drug-likeness (QED) is 0.743. The Balaban J connectivity index is 1.48. The van der Waals surface area contributed by atoms with Gasteiger partial charge in [0.1, 0.15) is 0 Å². The van der Waals surface area contributed by atoms with Crippen molar-refractivity contribution in [2.45, 2.75) is 50.7 Å². The first kappa shape index (κ1) is 18.5. The van der Waals surface area contributed by atoms with E-state index in [0.29, 0.717) is 11.7 Å². The maximum Gasteiger partial charge on any atom is 0.230 e. The minimum atomic E-state index is 0.0918. The zero-order valence-electron chi connectivity index (χ0n) is 15.1. The van der Waals surface area contributed by atoms with Gasteiger partial charge in [-0.25, -0.2) is 0 Å². The first-order chi connectivity index (χ1) is 12.3. The van der Waals surface area contributed by atoms with E-state index in [1.54, 1.807) is 0 Å². The summed E-state index contributed by atoms with van der Waals surface area (Å²) in [6.07, 6.45) is 6.46. The summed E-state index contributed by atoms with van der Waals surface area (Å²) in [7, 11) is 0. The van der Waals surface area contributed by atoms with Crippen LogP contribution in [0.1, 0.15) is 39.0 Å². The highest BCUT2D eigenvalue weighted by molar-refractivity contribution is 7.99. The van der Waals surface area contributed by atoms with Crippen LogP contribution in [0.4, 0.5) is 5.95 Å². The fraction of sp³-hybridized carbons (Fsp3) is 0.824. The summed E-state index contributed by atoms with van der Waals surface area (Å²) in [6, 6.07) is 0. The summed E-state index contributed by atoms with van der Waals surface area (Å²) < 4.78 is 7.49. The smallest absolute Gasteiger partial charge is 0.230 e. The molecule has 2 heterocycles. The van der Waals surface area contributed by atoms with Crippen molar-refractivity contribution in [3.05, 3.63) is 0 Å². The van der Waals surface area contributed by atoms with Gasteiger partial charge in [-0.3, -0.25) is 9.36 Å². The molecule has 1 N–H and O–H groups in total. The molecule has 0 spiro atoms. The summed E-state index contributed by atoms with van der Waals surface area (Å²) in [5.41, 5.74) is 0. The zero-order chi connectivity index (χ0) is 17.5. The topological polar surface area (TPSA) is 72.3 Å². The number of rotatable bonds is 7. The molecule has 0 bridgehead atoms. The van der Waals surface area contributed by atoms with E-state index in [2.05, 4.69) is 31.9 Å². The number of amides is 1. The van der Waals surface area contributed by atoms with Crippen LogP contribution in [0.25, 0.3) is 0 Å². The van der Waals surface area contributed by atoms with Crippen LogP contribution < -0.4 is 10.2 Å². The van der Waals surface area contributed by atoms with E-state index < -0.39 is 0 Å². The molecular weight excluding hydrogens is 338 g/mol. The van der Waals surface area contributed by atoms with Gasteiger partial charge in [0.2, 0.25) is 11.9 Å². The molecule has 1 saturated carbocycles. The van der Waals surface area contributed by atoms with Gasteiger partial charge in [-0.2, -0.15) is 0 Å². The van der Waals surface area contributed by atoms with E-state index >= 15 is 0 Å². The fourth-order valence-electron chi connectivity index (χ4n) is 3.49. The van der Waals surface area contributed by atoms with Gasteiger partial charge in [0.15, 0.2) is 5.16 Å². The van der Waals surface area contributed by atoms with Gasteiger partial charge < -0.3 is 15.0 Å². The molecule has 2 fully saturated rings. The number of hydrogen-bond donors (Lipinski definition) is 1. The summed E-state index contributed by atoms with van der Waals surface area (Å²) >= 11 is 1.47. The van der Waals surface area contributed by atoms with Crippen molar-refractivity contribution in [3.8, 4) is 0 Å². The van der Waals surface area contributed by atoms with Gasteiger partial charge in [-0.15, -0.1) is 10.2 Å². The molecular formula is C17H29N5O2S. The van der Waals surface area contributed by atoms with E-state index in [-0.39, 0.29) is 5.91 Å². The maximum absolute atomic E-state index is 12.2. The highest BCUT2D eigenvalue weighted by Crippen LogP contribution is 2.24. The van der Waals surface area contributed by atoms with Gasteiger partial charge in [-0.1, -0.05) is 31.0 Å². The van der Waals surface area contributed by atoms with Crippen molar-refractivity contribution in [3.63, 3.8) is 0 Å². The molecule has 1 aliphatic heterocycles. The van der Waals surface area contributed by atoms with Crippen LogP contribution >= 0.6 is 11.8 Å². The Morgan fingerprint density at radius 2 is 2.00 bits per heavy atom. The second-order valence-corrected chi connectivity index (χ2v) is 7.67. The number of carbonyl (C=O) groups excluding carboxylic acids is 1. The van der Waals surface area contributed by atoms with Crippen LogP contribution in [0.3, 0.4) is 0 Å². The van der Waals surface area contributed by atoms with Gasteiger partial charge in [0.25, 0.3) is 0 Å². The van der Waals surface area contributed by atoms with Crippen molar-refractivity contribution < 1.29 is 9.53 Å². The van der Waals surface area contributed by atoms with Crippen LogP contribution in [-0.2, 0) is 16.1 Å². The molecule has 25 heavy (non-hydrogen) atoms. The molecule has 1 aliphatic carbocycles. The van der Waals surface area contributed by atoms with Gasteiger partial charge >= 0.3 is 0 Å². The lowest BCUT2D eigenvalue weighted by Crippen LogP contribution is -2.38. The third kappa shape index (κ3) is 5.10. The predicted molar refractivity (Wildman–Crippen MR) is 99.0 cm³/mol. The minimum absolute atomic E-state index is 0.0918. The number of nitrogens with one attached hydrogen (secondary N) is 1. The van der Waals surface area contributed by atoms with Crippen LogP contribution in [0, 0.1) is 5.92 Å². The van der Waals surface area contributed by atoms with Gasteiger partial charge in [-0.05, 0) is 25.7 Å². The van der Waals surface area contributed by atoms with Gasteiger partial charge in [0.05, 0.1) is 19.0 Å². The Bertz CT molecular complexity index is 553. The Morgan fingerprint density at radius 1 is 1.24 bits per heavy atom. The van der Waals surface area contributed by atoms with E-state index in [0.717, 1.165) is 50.5 Å².